The number of nitrogens with one attached hydrogen (secondary N) is 1. The van der Waals surface area contributed by atoms with E-state index in [0.717, 1.165) is 30.2 Å². The largest absolute Gasteiger partial charge is 0.356 e. The highest BCUT2D eigenvalue weighted by Crippen LogP contribution is 2.13. The minimum atomic E-state index is 0.0468. The fourth-order valence-electron chi connectivity index (χ4n) is 1.28. The third kappa shape index (κ3) is 5.16. The Morgan fingerprint density at radius 1 is 1.56 bits per heavy atom. The van der Waals surface area contributed by atoms with Crippen LogP contribution < -0.4 is 5.32 Å². The van der Waals surface area contributed by atoms with Gasteiger partial charge in [-0.15, -0.1) is 0 Å². The van der Waals surface area contributed by atoms with Crippen molar-refractivity contribution in [2.24, 2.45) is 0 Å². The van der Waals surface area contributed by atoms with E-state index in [1.807, 2.05) is 24.0 Å². The van der Waals surface area contributed by atoms with Gasteiger partial charge in [0.2, 0.25) is 5.91 Å². The number of amides is 1. The molecule has 1 N–H and O–H groups in total. The summed E-state index contributed by atoms with van der Waals surface area (Å²) in [5.41, 5.74) is 2.41. The standard InChI is InChI=1S/C12H18N2OS/c1-10-5-3-6-14-12(10)9-16-8-4-7-13-11(2)15/h3,5-6H,4,7-9H2,1-2H3,(H,13,15). The SMILES string of the molecule is CC(=O)NCCCSCc1ncccc1C. The normalized spacial score (nSPS) is 10.1. The Morgan fingerprint density at radius 3 is 3.06 bits per heavy atom. The molecule has 0 aliphatic heterocycles. The molecule has 0 fully saturated rings. The van der Waals surface area contributed by atoms with Crippen LogP contribution in [0.25, 0.3) is 0 Å². The van der Waals surface area contributed by atoms with Gasteiger partial charge in [0.15, 0.2) is 0 Å². The first-order valence-electron chi connectivity index (χ1n) is 5.43. The summed E-state index contributed by atoms with van der Waals surface area (Å²) in [4.78, 5) is 14.9. The lowest BCUT2D eigenvalue weighted by Gasteiger charge is -2.04. The second-order valence-corrected chi connectivity index (χ2v) is 4.76. The number of aromatic nitrogens is 1. The van der Waals surface area contributed by atoms with Gasteiger partial charge in [0.05, 0.1) is 5.69 Å². The van der Waals surface area contributed by atoms with Crippen LogP contribution in [0.15, 0.2) is 18.3 Å². The molecule has 88 valence electrons. The van der Waals surface area contributed by atoms with Crippen LogP contribution in [-0.2, 0) is 10.5 Å². The summed E-state index contributed by atoms with van der Waals surface area (Å²) in [5.74, 6) is 2.05. The molecule has 0 aliphatic rings. The second kappa shape index (κ2) is 7.28. The third-order valence-corrected chi connectivity index (χ3v) is 3.25. The van der Waals surface area contributed by atoms with Crippen molar-refractivity contribution < 1.29 is 4.79 Å². The van der Waals surface area contributed by atoms with E-state index in [1.165, 1.54) is 5.56 Å². The Balaban J connectivity index is 2.12. The van der Waals surface area contributed by atoms with E-state index in [-0.39, 0.29) is 5.91 Å². The maximum absolute atomic E-state index is 10.6. The van der Waals surface area contributed by atoms with Crippen molar-refractivity contribution in [2.75, 3.05) is 12.3 Å². The molecule has 0 spiro atoms. The summed E-state index contributed by atoms with van der Waals surface area (Å²) in [6.07, 6.45) is 2.84. The van der Waals surface area contributed by atoms with E-state index in [4.69, 9.17) is 0 Å². The van der Waals surface area contributed by atoms with Gasteiger partial charge in [0.1, 0.15) is 0 Å². The van der Waals surface area contributed by atoms with Crippen LogP contribution >= 0.6 is 11.8 Å². The number of hydrogen-bond acceptors (Lipinski definition) is 3. The van der Waals surface area contributed by atoms with E-state index in [2.05, 4.69) is 23.3 Å². The van der Waals surface area contributed by atoms with E-state index in [0.29, 0.717) is 0 Å². The number of nitrogens with zero attached hydrogens (tertiary/aromatic N) is 1. The van der Waals surface area contributed by atoms with Crippen molar-refractivity contribution in [1.82, 2.24) is 10.3 Å². The maximum atomic E-state index is 10.6. The van der Waals surface area contributed by atoms with Gasteiger partial charge in [-0.1, -0.05) is 6.07 Å². The molecule has 0 atom stereocenters. The Hall–Kier alpha value is -1.03. The molecule has 0 bridgehead atoms. The molecule has 0 aliphatic carbocycles. The fraction of sp³-hybridized carbons (Fsp3) is 0.500. The Kier molecular flexibility index (Phi) is 5.93. The highest BCUT2D eigenvalue weighted by atomic mass is 32.2. The van der Waals surface area contributed by atoms with Gasteiger partial charge in [0, 0.05) is 25.4 Å². The van der Waals surface area contributed by atoms with Gasteiger partial charge in [-0.3, -0.25) is 9.78 Å². The predicted molar refractivity (Wildman–Crippen MR) is 68.4 cm³/mol. The first kappa shape index (κ1) is 13.0. The van der Waals surface area contributed by atoms with Crippen LogP contribution in [0.2, 0.25) is 0 Å². The maximum Gasteiger partial charge on any atom is 0.216 e. The van der Waals surface area contributed by atoms with Gasteiger partial charge in [-0.25, -0.2) is 0 Å². The number of thioether (sulfide) groups is 1. The Labute approximate surface area is 101 Å². The molecule has 0 saturated carbocycles. The zero-order chi connectivity index (χ0) is 11.8. The lowest BCUT2D eigenvalue weighted by Crippen LogP contribution is -2.21. The van der Waals surface area contributed by atoms with Gasteiger partial charge in [0.25, 0.3) is 0 Å². The quantitative estimate of drug-likeness (QED) is 0.772. The monoisotopic (exact) mass is 238 g/mol. The number of carbonyl (C=O) groups excluding carboxylic acids is 1. The van der Waals surface area contributed by atoms with Gasteiger partial charge in [-0.2, -0.15) is 11.8 Å². The molecule has 1 aromatic rings. The summed E-state index contributed by atoms with van der Waals surface area (Å²) in [6, 6.07) is 4.04. The molecular weight excluding hydrogens is 220 g/mol. The number of pyridine rings is 1. The van der Waals surface area contributed by atoms with E-state index in [9.17, 15) is 4.79 Å². The topological polar surface area (TPSA) is 42.0 Å². The lowest BCUT2D eigenvalue weighted by molar-refractivity contribution is -0.118. The predicted octanol–water partition coefficient (Wildman–Crippen LogP) is 2.15. The summed E-state index contributed by atoms with van der Waals surface area (Å²) in [5, 5.41) is 2.79. The average Bonchev–Trinajstić information content (AvgIpc) is 2.25. The average molecular weight is 238 g/mol. The second-order valence-electron chi connectivity index (χ2n) is 3.66. The highest BCUT2D eigenvalue weighted by Gasteiger charge is 1.98. The Morgan fingerprint density at radius 2 is 2.38 bits per heavy atom. The van der Waals surface area contributed by atoms with E-state index >= 15 is 0 Å². The highest BCUT2D eigenvalue weighted by molar-refractivity contribution is 7.98. The van der Waals surface area contributed by atoms with Gasteiger partial charge >= 0.3 is 0 Å². The summed E-state index contributed by atoms with van der Waals surface area (Å²) < 4.78 is 0. The molecule has 4 heteroatoms. The molecule has 3 nitrogen and oxygen atoms in total. The third-order valence-electron chi connectivity index (χ3n) is 2.20. The van der Waals surface area contributed by atoms with Crippen LogP contribution in [0.4, 0.5) is 0 Å². The first-order valence-corrected chi connectivity index (χ1v) is 6.58. The summed E-state index contributed by atoms with van der Waals surface area (Å²) >= 11 is 1.86. The van der Waals surface area contributed by atoms with Crippen molar-refractivity contribution >= 4 is 17.7 Å². The van der Waals surface area contributed by atoms with Crippen LogP contribution in [-0.4, -0.2) is 23.2 Å². The number of hydrogen-bond donors (Lipinski definition) is 1. The van der Waals surface area contributed by atoms with Crippen molar-refractivity contribution in [3.63, 3.8) is 0 Å². The van der Waals surface area contributed by atoms with Crippen LogP contribution in [0.1, 0.15) is 24.6 Å². The number of rotatable bonds is 6. The Bertz CT molecular complexity index is 342. The van der Waals surface area contributed by atoms with Gasteiger partial charge < -0.3 is 5.32 Å². The van der Waals surface area contributed by atoms with Crippen molar-refractivity contribution in [1.29, 1.82) is 0 Å². The first-order chi connectivity index (χ1) is 7.70. The minimum Gasteiger partial charge on any atom is -0.356 e. The minimum absolute atomic E-state index is 0.0468. The number of carbonyl (C=O) groups is 1. The molecule has 1 amide bonds. The van der Waals surface area contributed by atoms with E-state index < -0.39 is 0 Å². The lowest BCUT2D eigenvalue weighted by atomic mass is 10.2. The molecule has 0 unspecified atom stereocenters. The molecular formula is C12H18N2OS. The summed E-state index contributed by atoms with van der Waals surface area (Å²) in [7, 11) is 0. The van der Waals surface area contributed by atoms with Gasteiger partial charge in [-0.05, 0) is 30.7 Å². The molecule has 16 heavy (non-hydrogen) atoms. The van der Waals surface area contributed by atoms with Crippen molar-refractivity contribution in [3.8, 4) is 0 Å². The zero-order valence-corrected chi connectivity index (χ0v) is 10.6. The van der Waals surface area contributed by atoms with Crippen LogP contribution in [0.3, 0.4) is 0 Å². The molecule has 0 radical (unpaired) electrons. The van der Waals surface area contributed by atoms with Crippen molar-refractivity contribution in [2.45, 2.75) is 26.0 Å². The molecule has 1 heterocycles. The zero-order valence-electron chi connectivity index (χ0n) is 9.82. The fourth-order valence-corrected chi connectivity index (χ4v) is 2.27. The molecule has 0 saturated heterocycles. The summed E-state index contributed by atoms with van der Waals surface area (Å²) in [6.45, 7) is 4.40. The molecule has 1 aromatic heterocycles. The van der Waals surface area contributed by atoms with Crippen LogP contribution in [0, 0.1) is 6.92 Å². The van der Waals surface area contributed by atoms with Crippen LogP contribution in [0.5, 0.6) is 0 Å². The molecule has 0 aromatic carbocycles. The molecule has 1 rings (SSSR count). The number of aryl methyl sites for hydroxylation is 1. The van der Waals surface area contributed by atoms with Crippen molar-refractivity contribution in [3.05, 3.63) is 29.6 Å². The smallest absolute Gasteiger partial charge is 0.216 e. The van der Waals surface area contributed by atoms with E-state index in [1.54, 1.807) is 6.92 Å².